The number of Topliss-reactive ketones (excluding diaryl/α,β-unsaturated/α-hetero) is 1. The van der Waals surface area contributed by atoms with Crippen molar-refractivity contribution in [1.29, 1.82) is 0 Å². The third-order valence-corrected chi connectivity index (χ3v) is 15.9. The number of carbonyl (C=O) groups excluding carboxylic acids is 2. The molecule has 7 aliphatic carbocycles. The maximum absolute atomic E-state index is 14.9. The quantitative estimate of drug-likeness (QED) is 0.221. The van der Waals surface area contributed by atoms with Crippen LogP contribution in [0, 0.1) is 39.4 Å². The number of ether oxygens (including phenoxy) is 1. The Morgan fingerprint density at radius 1 is 0.893 bits per heavy atom. The standard InChI is InChI=1S/C46H57F3N2O5/c1-30(32-10-6-4-7-11-32)50-40(54)51(28-31-14-16-35(17-15-31)56-46(47,48)49)29-44(55)23-20-38-42(44,3)22-19-37-41(2)21-18-34(52)26-43(41)24-25-45(37,38)36(27-43)39(53)33-12-8-5-9-13-33/h4,6-7,10-11,14-17,24-25,27,30,33-34,37-38,52,55H,5,8-9,12-13,18-23,26,28-29H2,1-3H3,(H,50,54). The van der Waals surface area contributed by atoms with Crippen molar-refractivity contribution in [1.82, 2.24) is 10.2 Å². The lowest BCUT2D eigenvalue weighted by atomic mass is 9.32. The summed E-state index contributed by atoms with van der Waals surface area (Å²) in [7, 11) is 0. The Hall–Kier alpha value is -3.63. The van der Waals surface area contributed by atoms with E-state index in [0.29, 0.717) is 24.8 Å². The summed E-state index contributed by atoms with van der Waals surface area (Å²) < 4.78 is 43.0. The van der Waals surface area contributed by atoms with Crippen LogP contribution in [0.2, 0.25) is 0 Å². The van der Waals surface area contributed by atoms with Gasteiger partial charge in [-0.25, -0.2) is 4.79 Å². The number of allylic oxidation sites excluding steroid dienone is 4. The van der Waals surface area contributed by atoms with E-state index < -0.39 is 28.9 Å². The highest BCUT2D eigenvalue weighted by Crippen LogP contribution is 2.78. The summed E-state index contributed by atoms with van der Waals surface area (Å²) in [6, 6.07) is 14.4. The second-order valence-corrected chi connectivity index (χ2v) is 18.6. The van der Waals surface area contributed by atoms with Crippen LogP contribution in [0.4, 0.5) is 18.0 Å². The molecular weight excluding hydrogens is 718 g/mol. The second kappa shape index (κ2) is 14.0. The minimum atomic E-state index is -4.82. The van der Waals surface area contributed by atoms with Crippen LogP contribution < -0.4 is 10.1 Å². The number of aliphatic hydroxyl groups excluding tert-OH is 1. The van der Waals surface area contributed by atoms with Gasteiger partial charge in [-0.3, -0.25) is 4.79 Å². The molecule has 302 valence electrons. The van der Waals surface area contributed by atoms with Crippen molar-refractivity contribution in [3.05, 3.63) is 89.5 Å². The highest BCUT2D eigenvalue weighted by Gasteiger charge is 2.74. The van der Waals surface area contributed by atoms with E-state index in [2.05, 4.69) is 42.1 Å². The van der Waals surface area contributed by atoms with E-state index >= 15 is 0 Å². The third-order valence-electron chi connectivity index (χ3n) is 15.9. The maximum atomic E-state index is 14.9. The Kier molecular flexibility index (Phi) is 9.83. The average Bonchev–Trinajstić information content (AvgIpc) is 3.44. The lowest BCUT2D eigenvalue weighted by Crippen LogP contribution is -2.67. The number of benzene rings is 2. The average molecular weight is 775 g/mol. The number of fused-ring (bicyclic) bond motifs is 1. The Balaban J connectivity index is 1.14. The van der Waals surface area contributed by atoms with Crippen molar-refractivity contribution in [3.8, 4) is 5.75 Å². The normalized spacial score (nSPS) is 36.8. The summed E-state index contributed by atoms with van der Waals surface area (Å²) in [6.45, 7) is 6.53. The number of halogens is 3. The summed E-state index contributed by atoms with van der Waals surface area (Å²) >= 11 is 0. The van der Waals surface area contributed by atoms with Crippen LogP contribution in [0.25, 0.3) is 0 Å². The zero-order valence-electron chi connectivity index (χ0n) is 32.9. The van der Waals surface area contributed by atoms with Gasteiger partial charge in [-0.15, -0.1) is 13.2 Å². The molecule has 0 saturated heterocycles. The number of hydrogen-bond acceptors (Lipinski definition) is 5. The van der Waals surface area contributed by atoms with Crippen LogP contribution in [-0.4, -0.2) is 51.5 Å². The molecule has 2 aromatic carbocycles. The highest BCUT2D eigenvalue weighted by molar-refractivity contribution is 6.00. The number of rotatable bonds is 9. The molecule has 7 aliphatic rings. The zero-order chi connectivity index (χ0) is 39.7. The van der Waals surface area contributed by atoms with Crippen LogP contribution in [0.3, 0.4) is 0 Å². The van der Waals surface area contributed by atoms with E-state index in [1.807, 2.05) is 37.3 Å². The molecule has 9 rings (SSSR count). The molecule has 0 aliphatic heterocycles. The molecule has 3 N–H and O–H groups in total. The van der Waals surface area contributed by atoms with E-state index in [9.17, 15) is 33.0 Å². The zero-order valence-corrected chi connectivity index (χ0v) is 32.9. The molecule has 10 heteroatoms. The Morgan fingerprint density at radius 2 is 1.55 bits per heavy atom. The minimum absolute atomic E-state index is 0.0128. The summed E-state index contributed by atoms with van der Waals surface area (Å²) in [6.07, 6.45) is 11.7. The first kappa shape index (κ1) is 39.2. The Morgan fingerprint density at radius 3 is 2.25 bits per heavy atom. The van der Waals surface area contributed by atoms with Gasteiger partial charge >= 0.3 is 12.4 Å². The molecule has 9 atom stereocenters. The molecule has 0 heterocycles. The van der Waals surface area contributed by atoms with Crippen LogP contribution in [0.5, 0.6) is 5.75 Å². The predicted octanol–water partition coefficient (Wildman–Crippen LogP) is 9.60. The minimum Gasteiger partial charge on any atom is -0.406 e. The first-order valence-corrected chi connectivity index (χ1v) is 20.9. The number of aliphatic hydroxyl groups is 2. The van der Waals surface area contributed by atoms with Gasteiger partial charge in [0, 0.05) is 34.3 Å². The molecule has 56 heavy (non-hydrogen) atoms. The van der Waals surface area contributed by atoms with Gasteiger partial charge in [0.2, 0.25) is 0 Å². The van der Waals surface area contributed by atoms with Gasteiger partial charge in [0.1, 0.15) is 5.75 Å². The highest BCUT2D eigenvalue weighted by atomic mass is 19.4. The topological polar surface area (TPSA) is 99.1 Å². The van der Waals surface area contributed by atoms with E-state index in [-0.39, 0.29) is 65.3 Å². The first-order chi connectivity index (χ1) is 26.5. The summed E-state index contributed by atoms with van der Waals surface area (Å²) in [5.41, 5.74) is -0.624. The smallest absolute Gasteiger partial charge is 0.406 e. The maximum Gasteiger partial charge on any atom is 0.573 e. The number of amides is 2. The number of nitrogens with zero attached hydrogens (tertiary/aromatic N) is 1. The molecule has 4 saturated carbocycles. The van der Waals surface area contributed by atoms with Crippen LogP contribution in [0.15, 0.2) is 78.4 Å². The van der Waals surface area contributed by atoms with Gasteiger partial charge in [-0.05, 0) is 105 Å². The lowest BCUT2D eigenvalue weighted by molar-refractivity contribution is -0.274. The van der Waals surface area contributed by atoms with Crippen LogP contribution in [0.1, 0.15) is 115 Å². The van der Waals surface area contributed by atoms with Gasteiger partial charge < -0.3 is 25.2 Å². The molecule has 9 unspecified atom stereocenters. The fraction of sp³-hybridized carbons (Fsp3) is 0.609. The fourth-order valence-electron chi connectivity index (χ4n) is 12.8. The van der Waals surface area contributed by atoms with Crippen molar-refractivity contribution in [2.24, 2.45) is 39.4 Å². The third kappa shape index (κ3) is 6.32. The number of urea groups is 1. The van der Waals surface area contributed by atoms with E-state index in [0.717, 1.165) is 68.9 Å². The SMILES string of the molecule is CC(NC(=O)N(Cc1ccc(OC(F)(F)F)cc1)CC1(O)CCC2C34C=CC5(C=C3C(=O)C3CCCCC3)CC(O)CCC5(C)C4CCC21C)c1ccccc1. The van der Waals surface area contributed by atoms with Gasteiger partial charge in [0.15, 0.2) is 5.78 Å². The predicted molar refractivity (Wildman–Crippen MR) is 207 cm³/mol. The van der Waals surface area contributed by atoms with E-state index in [1.54, 1.807) is 4.90 Å². The molecular formula is C46H57F3N2O5. The molecule has 2 spiro atoms. The largest absolute Gasteiger partial charge is 0.573 e. The number of carbonyl (C=O) groups is 2. The van der Waals surface area contributed by atoms with Crippen molar-refractivity contribution in [2.75, 3.05) is 6.54 Å². The van der Waals surface area contributed by atoms with E-state index in [1.165, 1.54) is 24.3 Å². The van der Waals surface area contributed by atoms with Gasteiger partial charge in [-0.2, -0.15) is 0 Å². The Labute approximate surface area is 328 Å². The molecule has 2 bridgehead atoms. The summed E-state index contributed by atoms with van der Waals surface area (Å²) in [5.74, 6) is 0.0301. The number of hydrogen-bond donors (Lipinski definition) is 3. The van der Waals surface area contributed by atoms with Crippen LogP contribution in [-0.2, 0) is 11.3 Å². The molecule has 2 aromatic rings. The monoisotopic (exact) mass is 774 g/mol. The number of nitrogens with one attached hydrogen (secondary N) is 1. The Bertz CT molecular complexity index is 1880. The molecule has 7 nitrogen and oxygen atoms in total. The summed E-state index contributed by atoms with van der Waals surface area (Å²) in [5, 5.41) is 27.3. The van der Waals surface area contributed by atoms with Gasteiger partial charge in [-0.1, -0.05) is 93.8 Å². The number of ketones is 1. The molecule has 4 fully saturated rings. The molecule has 0 radical (unpaired) electrons. The van der Waals surface area contributed by atoms with Gasteiger partial charge in [0.05, 0.1) is 24.3 Å². The number of alkyl halides is 3. The lowest BCUT2D eigenvalue weighted by Gasteiger charge is -2.71. The van der Waals surface area contributed by atoms with Gasteiger partial charge in [0.25, 0.3) is 0 Å². The van der Waals surface area contributed by atoms with Crippen molar-refractivity contribution in [3.63, 3.8) is 0 Å². The van der Waals surface area contributed by atoms with Crippen LogP contribution >= 0.6 is 0 Å². The van der Waals surface area contributed by atoms with Crippen molar-refractivity contribution < 1.29 is 37.7 Å². The molecule has 2 amide bonds. The first-order valence-electron chi connectivity index (χ1n) is 20.9. The van der Waals surface area contributed by atoms with Crippen molar-refractivity contribution in [2.45, 2.75) is 128 Å². The molecule has 0 aromatic heterocycles. The second-order valence-electron chi connectivity index (χ2n) is 18.6. The fourth-order valence-corrected chi connectivity index (χ4v) is 12.8. The summed E-state index contributed by atoms with van der Waals surface area (Å²) in [4.78, 5) is 30.9. The van der Waals surface area contributed by atoms with E-state index in [4.69, 9.17) is 0 Å². The van der Waals surface area contributed by atoms with Crippen molar-refractivity contribution >= 4 is 11.8 Å².